The summed E-state index contributed by atoms with van der Waals surface area (Å²) in [7, 11) is 0. The van der Waals surface area contributed by atoms with Gasteiger partial charge in [0.25, 0.3) is 6.71 Å². The predicted octanol–water partition coefficient (Wildman–Crippen LogP) is 19.1. The van der Waals surface area contributed by atoms with Gasteiger partial charge in [-0.2, -0.15) is 0 Å². The minimum atomic E-state index is -0.636. The molecule has 410 valence electrons. The van der Waals surface area contributed by atoms with Gasteiger partial charge in [0.15, 0.2) is 0 Å². The van der Waals surface area contributed by atoms with Gasteiger partial charge in [0.2, 0.25) is 0 Å². The summed E-state index contributed by atoms with van der Waals surface area (Å²) in [4.78, 5) is 5.34. The zero-order chi connectivity index (χ0) is 58.0. The first-order valence-corrected chi connectivity index (χ1v) is 30.7. The molecule has 17 rings (SSSR count). The molecule has 0 fully saturated rings. The number of rotatable bonds is 8. The fourth-order valence-corrected chi connectivity index (χ4v) is 15.9. The second-order valence-corrected chi connectivity index (χ2v) is 25.0. The van der Waals surface area contributed by atoms with Gasteiger partial charge in [-0.25, -0.2) is 0 Å². The first kappa shape index (κ1) is 51.0. The average Bonchev–Trinajstić information content (AvgIpc) is 1.71. The quantitative estimate of drug-likeness (QED) is 0.140. The second kappa shape index (κ2) is 19.5. The molecule has 0 unspecified atom stereocenters. The Labute approximate surface area is 511 Å². The Bertz CT molecular complexity index is 4460. The van der Waals surface area contributed by atoms with Crippen molar-refractivity contribution >= 4 is 57.2 Å². The van der Waals surface area contributed by atoms with Crippen molar-refractivity contribution in [2.45, 2.75) is 37.0 Å². The Balaban J connectivity index is 1.07. The van der Waals surface area contributed by atoms with Gasteiger partial charge in [0.1, 0.15) is 0 Å². The molecule has 13 aromatic carbocycles. The highest BCUT2D eigenvalue weighted by Crippen LogP contribution is 2.61. The Kier molecular flexibility index (Phi) is 11.5. The summed E-state index contributed by atoms with van der Waals surface area (Å²) in [6, 6.07) is 120. The van der Waals surface area contributed by atoms with Gasteiger partial charge in [-0.05, 0) is 142 Å². The van der Waals surface area contributed by atoms with Crippen LogP contribution in [0.5, 0.6) is 0 Å². The van der Waals surface area contributed by atoms with E-state index in [4.69, 9.17) is 0 Å². The van der Waals surface area contributed by atoms with E-state index in [0.29, 0.717) is 0 Å². The van der Waals surface area contributed by atoms with Gasteiger partial charge in [-0.15, -0.1) is 0 Å². The number of hydrogen-bond donors (Lipinski definition) is 0. The Hall–Kier alpha value is -10.5. The second-order valence-electron chi connectivity index (χ2n) is 25.0. The predicted molar refractivity (Wildman–Crippen MR) is 365 cm³/mol. The third-order valence-corrected chi connectivity index (χ3v) is 19.5. The monoisotopic (exact) mass is 1110 g/mol. The number of nitrogens with zero attached hydrogens (tertiary/aromatic N) is 2. The zero-order valence-corrected chi connectivity index (χ0v) is 49.0. The molecule has 0 amide bonds. The van der Waals surface area contributed by atoms with Crippen LogP contribution in [0.3, 0.4) is 0 Å². The SMILES string of the molecule is CC(C)(C)c1cc2c3c(c1)N(c1ccccc1-c1ccccc1)c1cc4c(cc1B3c1cc3c(cc1N2c1ccccc1-c1ccccc1)-c1ccccc1C3(c1ccccc1)c1ccccc1)C(c1ccccc1)(c1ccccc1)c1ccccc1-4. The van der Waals surface area contributed by atoms with Crippen molar-refractivity contribution in [3.63, 3.8) is 0 Å². The minimum absolute atomic E-state index is 0.231. The molecule has 0 N–H and O–H groups in total. The van der Waals surface area contributed by atoms with E-state index in [1.165, 1.54) is 134 Å². The standard InChI is InChI=1S/C84H61BN2/c1-82(2,3)62-50-79-81-80(51-62)87(76-49-29-25-43-64(76)57-32-12-5-13-33-57)78-53-68-66-45-23-27-47-70(66)84(60-38-18-8-19-39-60,61-40-20-9-21-41-61)72(68)55-74(78)85(81)73-54-71-67(52-77(73)86(79)75-48-28-24-42-63(75)56-30-10-4-11-31-56)65-44-22-26-46-69(65)83(71,58-34-14-6-15-35-58)59-36-16-7-17-37-59/h4-55H,1-3H3. The molecule has 0 saturated heterocycles. The van der Waals surface area contributed by atoms with Crippen molar-refractivity contribution in [2.75, 3.05) is 9.80 Å². The Morgan fingerprint density at radius 2 is 0.575 bits per heavy atom. The lowest BCUT2D eigenvalue weighted by Gasteiger charge is -2.46. The summed E-state index contributed by atoms with van der Waals surface area (Å²) >= 11 is 0. The van der Waals surface area contributed by atoms with Gasteiger partial charge in [0.05, 0.1) is 22.2 Å². The van der Waals surface area contributed by atoms with Crippen molar-refractivity contribution in [3.05, 3.63) is 366 Å². The third kappa shape index (κ3) is 7.36. The zero-order valence-electron chi connectivity index (χ0n) is 49.0. The van der Waals surface area contributed by atoms with Crippen LogP contribution in [0.1, 0.15) is 70.8 Å². The summed E-state index contributed by atoms with van der Waals surface area (Å²) in [5.41, 5.74) is 30.5. The number of fused-ring (bicyclic) bond motifs is 10. The first-order chi connectivity index (χ1) is 42.8. The van der Waals surface area contributed by atoms with E-state index in [-0.39, 0.29) is 12.1 Å². The Morgan fingerprint density at radius 3 is 0.931 bits per heavy atom. The molecule has 0 atom stereocenters. The molecule has 3 heteroatoms. The molecular formula is C84H61BN2. The van der Waals surface area contributed by atoms with Crippen molar-refractivity contribution in [1.29, 1.82) is 0 Å². The van der Waals surface area contributed by atoms with E-state index in [9.17, 15) is 0 Å². The summed E-state index contributed by atoms with van der Waals surface area (Å²) in [5, 5.41) is 0. The van der Waals surface area contributed by atoms with E-state index >= 15 is 0 Å². The lowest BCUT2D eigenvalue weighted by Crippen LogP contribution is -2.62. The molecule has 2 nitrogen and oxygen atoms in total. The maximum Gasteiger partial charge on any atom is 0.252 e. The molecular weight excluding hydrogens is 1050 g/mol. The number of para-hydroxylation sites is 2. The highest BCUT2D eigenvalue weighted by molar-refractivity contribution is 7.00. The van der Waals surface area contributed by atoms with Crippen LogP contribution in [0.4, 0.5) is 34.1 Å². The summed E-state index contributed by atoms with van der Waals surface area (Å²) in [6.07, 6.45) is 0. The van der Waals surface area contributed by atoms with Crippen molar-refractivity contribution in [2.24, 2.45) is 0 Å². The van der Waals surface area contributed by atoms with E-state index in [1.807, 2.05) is 0 Å². The van der Waals surface area contributed by atoms with Crippen LogP contribution in [0, 0.1) is 0 Å². The average molecular weight is 1110 g/mol. The molecule has 2 heterocycles. The molecule has 2 aliphatic heterocycles. The largest absolute Gasteiger partial charge is 0.311 e. The summed E-state index contributed by atoms with van der Waals surface area (Å²) < 4.78 is 0. The smallest absolute Gasteiger partial charge is 0.252 e. The highest BCUT2D eigenvalue weighted by atomic mass is 15.2. The van der Waals surface area contributed by atoms with E-state index < -0.39 is 10.8 Å². The molecule has 2 aliphatic carbocycles. The summed E-state index contributed by atoms with van der Waals surface area (Å²) in [6.45, 7) is 6.91. The fraction of sp³-hybridized carbons (Fsp3) is 0.0714. The van der Waals surface area contributed by atoms with Gasteiger partial charge in [-0.3, -0.25) is 0 Å². The summed E-state index contributed by atoms with van der Waals surface area (Å²) in [5.74, 6) is 0. The van der Waals surface area contributed by atoms with Gasteiger partial charge in [-0.1, -0.05) is 300 Å². The fourth-order valence-electron chi connectivity index (χ4n) is 15.9. The van der Waals surface area contributed by atoms with Crippen LogP contribution >= 0.6 is 0 Å². The van der Waals surface area contributed by atoms with Gasteiger partial charge >= 0.3 is 0 Å². The van der Waals surface area contributed by atoms with Crippen molar-refractivity contribution in [3.8, 4) is 44.5 Å². The lowest BCUT2D eigenvalue weighted by atomic mass is 9.33. The van der Waals surface area contributed by atoms with E-state index in [1.54, 1.807) is 0 Å². The molecule has 0 radical (unpaired) electrons. The molecule has 0 aromatic heterocycles. The van der Waals surface area contributed by atoms with Crippen molar-refractivity contribution in [1.82, 2.24) is 0 Å². The number of anilines is 6. The van der Waals surface area contributed by atoms with Crippen LogP contribution < -0.4 is 26.2 Å². The number of hydrogen-bond acceptors (Lipinski definition) is 2. The molecule has 13 aromatic rings. The topological polar surface area (TPSA) is 6.48 Å². The first-order valence-electron chi connectivity index (χ1n) is 30.7. The molecule has 87 heavy (non-hydrogen) atoms. The van der Waals surface area contributed by atoms with Crippen LogP contribution in [0.15, 0.2) is 315 Å². The van der Waals surface area contributed by atoms with E-state index in [2.05, 4.69) is 346 Å². The van der Waals surface area contributed by atoms with Crippen LogP contribution in [0.25, 0.3) is 44.5 Å². The van der Waals surface area contributed by atoms with Gasteiger partial charge in [0, 0.05) is 33.9 Å². The molecule has 0 bridgehead atoms. The maximum absolute atomic E-state index is 2.68. The van der Waals surface area contributed by atoms with Crippen LogP contribution in [-0.2, 0) is 16.2 Å². The normalized spacial score (nSPS) is 14.3. The molecule has 0 saturated carbocycles. The molecule has 4 aliphatic rings. The van der Waals surface area contributed by atoms with Gasteiger partial charge < -0.3 is 9.80 Å². The molecule has 0 spiro atoms. The van der Waals surface area contributed by atoms with Crippen LogP contribution in [0.2, 0.25) is 0 Å². The maximum atomic E-state index is 2.68. The highest BCUT2D eigenvalue weighted by Gasteiger charge is 2.53. The van der Waals surface area contributed by atoms with Crippen LogP contribution in [-0.4, -0.2) is 6.71 Å². The third-order valence-electron chi connectivity index (χ3n) is 19.5. The Morgan fingerprint density at radius 1 is 0.264 bits per heavy atom. The number of benzene rings is 13. The lowest BCUT2D eigenvalue weighted by molar-refractivity contribution is 0.590. The van der Waals surface area contributed by atoms with Crippen molar-refractivity contribution < 1.29 is 0 Å². The minimum Gasteiger partial charge on any atom is -0.311 e. The van der Waals surface area contributed by atoms with E-state index in [0.717, 1.165) is 11.4 Å².